The van der Waals surface area contributed by atoms with Gasteiger partial charge in [-0.05, 0) is 28.1 Å². The first kappa shape index (κ1) is 15.0. The Morgan fingerprint density at radius 1 is 1.45 bits per heavy atom. The zero-order valence-electron chi connectivity index (χ0n) is 11.2. The summed E-state index contributed by atoms with van der Waals surface area (Å²) in [6.45, 7) is 1.28. The fourth-order valence-electron chi connectivity index (χ4n) is 1.64. The zero-order valence-corrected chi connectivity index (χ0v) is 12.7. The Labute approximate surface area is 125 Å². The lowest BCUT2D eigenvalue weighted by Crippen LogP contribution is -2.31. The molecule has 2 rings (SSSR count). The highest BCUT2D eigenvalue weighted by Crippen LogP contribution is 2.23. The molecule has 0 aliphatic heterocycles. The number of halogens is 1. The zero-order chi connectivity index (χ0) is 14.4. The lowest BCUT2D eigenvalue weighted by molar-refractivity contribution is 0.105. The third-order valence-corrected chi connectivity index (χ3v) is 3.42. The van der Waals surface area contributed by atoms with Crippen LogP contribution in [0, 0.1) is 0 Å². The molecule has 0 saturated carbocycles. The number of aliphatic hydroxyl groups excluding tert-OH is 1. The number of nitrogens with zero attached hydrogens (tertiary/aromatic N) is 3. The Kier molecular flexibility index (Phi) is 5.51. The van der Waals surface area contributed by atoms with Crippen LogP contribution in [0.15, 0.2) is 34.9 Å². The SMILES string of the molecule is Cn1nncc1CNCC(O)COc1ccccc1Br. The molecule has 2 N–H and O–H groups in total. The quantitative estimate of drug-likeness (QED) is 0.789. The van der Waals surface area contributed by atoms with E-state index in [-0.39, 0.29) is 6.61 Å². The number of ether oxygens (including phenoxy) is 1. The molecule has 0 amide bonds. The normalized spacial score (nSPS) is 12.3. The van der Waals surface area contributed by atoms with E-state index in [1.807, 2.05) is 31.3 Å². The lowest BCUT2D eigenvalue weighted by Gasteiger charge is -2.14. The number of hydrogen-bond donors (Lipinski definition) is 2. The Morgan fingerprint density at radius 3 is 2.95 bits per heavy atom. The maximum absolute atomic E-state index is 9.86. The molecule has 20 heavy (non-hydrogen) atoms. The summed E-state index contributed by atoms with van der Waals surface area (Å²) in [7, 11) is 1.83. The Balaban J connectivity index is 1.69. The van der Waals surface area contributed by atoms with Crippen LogP contribution in [0.3, 0.4) is 0 Å². The molecule has 7 heteroatoms. The van der Waals surface area contributed by atoms with Crippen LogP contribution in [0.2, 0.25) is 0 Å². The van der Waals surface area contributed by atoms with Crippen molar-refractivity contribution in [2.75, 3.05) is 13.2 Å². The van der Waals surface area contributed by atoms with Crippen molar-refractivity contribution >= 4 is 15.9 Å². The first-order chi connectivity index (χ1) is 9.66. The van der Waals surface area contributed by atoms with Gasteiger partial charge in [0.25, 0.3) is 0 Å². The van der Waals surface area contributed by atoms with E-state index >= 15 is 0 Å². The van der Waals surface area contributed by atoms with E-state index < -0.39 is 6.10 Å². The summed E-state index contributed by atoms with van der Waals surface area (Å²) >= 11 is 3.39. The van der Waals surface area contributed by atoms with Crippen LogP contribution in [-0.4, -0.2) is 39.4 Å². The molecule has 108 valence electrons. The molecule has 6 nitrogen and oxygen atoms in total. The molecule has 0 fully saturated rings. The van der Waals surface area contributed by atoms with Gasteiger partial charge < -0.3 is 15.2 Å². The van der Waals surface area contributed by atoms with E-state index in [0.717, 1.165) is 15.9 Å². The van der Waals surface area contributed by atoms with Gasteiger partial charge in [0.1, 0.15) is 18.5 Å². The second-order valence-corrected chi connectivity index (χ2v) is 5.23. The average Bonchev–Trinajstić information content (AvgIpc) is 2.84. The molecule has 0 aliphatic rings. The first-order valence-electron chi connectivity index (χ1n) is 6.26. The van der Waals surface area contributed by atoms with E-state index in [9.17, 15) is 5.11 Å². The van der Waals surface area contributed by atoms with Gasteiger partial charge in [0.05, 0.1) is 16.4 Å². The van der Waals surface area contributed by atoms with Crippen LogP contribution in [0.4, 0.5) is 0 Å². The Morgan fingerprint density at radius 2 is 2.25 bits per heavy atom. The molecule has 0 spiro atoms. The van der Waals surface area contributed by atoms with Crippen molar-refractivity contribution in [3.8, 4) is 5.75 Å². The van der Waals surface area contributed by atoms with Crippen molar-refractivity contribution in [3.05, 3.63) is 40.6 Å². The molecule has 1 heterocycles. The van der Waals surface area contributed by atoms with E-state index in [2.05, 4.69) is 31.6 Å². The summed E-state index contributed by atoms with van der Waals surface area (Å²) in [5.41, 5.74) is 0.962. The van der Waals surface area contributed by atoms with Crippen LogP contribution < -0.4 is 10.1 Å². The molecule has 0 bridgehead atoms. The molecule has 0 aliphatic carbocycles. The maximum Gasteiger partial charge on any atom is 0.133 e. The largest absolute Gasteiger partial charge is 0.490 e. The second-order valence-electron chi connectivity index (χ2n) is 4.38. The molecule has 0 saturated heterocycles. The van der Waals surface area contributed by atoms with Gasteiger partial charge in [-0.15, -0.1) is 5.10 Å². The summed E-state index contributed by atoms with van der Waals surface area (Å²) in [6, 6.07) is 7.55. The predicted molar refractivity (Wildman–Crippen MR) is 78.4 cm³/mol. The van der Waals surface area contributed by atoms with E-state index in [1.54, 1.807) is 10.9 Å². The summed E-state index contributed by atoms with van der Waals surface area (Å²) in [5, 5.41) is 20.6. The molecule has 1 aromatic heterocycles. The smallest absolute Gasteiger partial charge is 0.133 e. The van der Waals surface area contributed by atoms with Crippen molar-refractivity contribution in [2.24, 2.45) is 7.05 Å². The molecular weight excluding hydrogens is 324 g/mol. The topological polar surface area (TPSA) is 72.2 Å². The van der Waals surface area contributed by atoms with Gasteiger partial charge in [-0.2, -0.15) is 0 Å². The minimum absolute atomic E-state index is 0.235. The van der Waals surface area contributed by atoms with Gasteiger partial charge in [-0.25, -0.2) is 0 Å². The number of hydrogen-bond acceptors (Lipinski definition) is 5. The van der Waals surface area contributed by atoms with Crippen molar-refractivity contribution in [3.63, 3.8) is 0 Å². The van der Waals surface area contributed by atoms with E-state index in [1.165, 1.54) is 0 Å². The van der Waals surface area contributed by atoms with Crippen LogP contribution in [0.5, 0.6) is 5.75 Å². The number of rotatable bonds is 7. The third kappa shape index (κ3) is 4.29. The first-order valence-corrected chi connectivity index (χ1v) is 7.06. The van der Waals surface area contributed by atoms with E-state index in [4.69, 9.17) is 4.74 Å². The van der Waals surface area contributed by atoms with Crippen molar-refractivity contribution in [1.82, 2.24) is 20.3 Å². The minimum atomic E-state index is -0.580. The Bertz CT molecular complexity index is 547. The Hall–Kier alpha value is -1.44. The van der Waals surface area contributed by atoms with Crippen LogP contribution in [-0.2, 0) is 13.6 Å². The maximum atomic E-state index is 9.86. The number of para-hydroxylation sites is 1. The van der Waals surface area contributed by atoms with Crippen molar-refractivity contribution in [1.29, 1.82) is 0 Å². The molecule has 1 aromatic carbocycles. The number of nitrogens with one attached hydrogen (secondary N) is 1. The molecule has 1 atom stereocenters. The lowest BCUT2D eigenvalue weighted by atomic mass is 10.3. The fourth-order valence-corrected chi connectivity index (χ4v) is 2.04. The predicted octanol–water partition coefficient (Wildman–Crippen LogP) is 1.11. The number of aryl methyl sites for hydroxylation is 1. The van der Waals surface area contributed by atoms with E-state index in [0.29, 0.717) is 13.1 Å². The standard InChI is InChI=1S/C13H17BrN4O2/c1-18-10(7-16-17-18)6-15-8-11(19)9-20-13-5-3-2-4-12(13)14/h2-5,7,11,15,19H,6,8-9H2,1H3. The van der Waals surface area contributed by atoms with Crippen LogP contribution in [0.1, 0.15) is 5.69 Å². The van der Waals surface area contributed by atoms with Gasteiger partial charge in [0.2, 0.25) is 0 Å². The van der Waals surface area contributed by atoms with Gasteiger partial charge >= 0.3 is 0 Å². The highest BCUT2D eigenvalue weighted by atomic mass is 79.9. The summed E-state index contributed by atoms with van der Waals surface area (Å²) in [5.74, 6) is 0.724. The van der Waals surface area contributed by atoms with Gasteiger partial charge in [-0.3, -0.25) is 4.68 Å². The van der Waals surface area contributed by atoms with Gasteiger partial charge in [0.15, 0.2) is 0 Å². The summed E-state index contributed by atoms with van der Waals surface area (Å²) in [6.07, 6.45) is 1.11. The minimum Gasteiger partial charge on any atom is -0.490 e. The molecule has 1 unspecified atom stereocenters. The number of benzene rings is 1. The van der Waals surface area contributed by atoms with Crippen molar-refractivity contribution in [2.45, 2.75) is 12.6 Å². The summed E-state index contributed by atoms with van der Waals surface area (Å²) in [4.78, 5) is 0. The van der Waals surface area contributed by atoms with Crippen LogP contribution >= 0.6 is 15.9 Å². The van der Waals surface area contributed by atoms with Crippen molar-refractivity contribution < 1.29 is 9.84 Å². The van der Waals surface area contributed by atoms with Gasteiger partial charge in [0, 0.05) is 20.1 Å². The highest BCUT2D eigenvalue weighted by molar-refractivity contribution is 9.10. The fraction of sp³-hybridized carbons (Fsp3) is 0.385. The second kappa shape index (κ2) is 7.37. The van der Waals surface area contributed by atoms with Gasteiger partial charge in [-0.1, -0.05) is 17.3 Å². The monoisotopic (exact) mass is 340 g/mol. The molecule has 0 radical (unpaired) electrons. The summed E-state index contributed by atoms with van der Waals surface area (Å²) < 4.78 is 8.11. The number of aliphatic hydroxyl groups is 1. The number of aromatic nitrogens is 3. The third-order valence-electron chi connectivity index (χ3n) is 2.76. The van der Waals surface area contributed by atoms with Crippen LogP contribution in [0.25, 0.3) is 0 Å². The highest BCUT2D eigenvalue weighted by Gasteiger charge is 2.07. The molecule has 2 aromatic rings. The average molecular weight is 341 g/mol. The molecular formula is C13H17BrN4O2.